The molecule has 1 atom stereocenters. The van der Waals surface area contributed by atoms with Crippen LogP contribution >= 0.6 is 0 Å². The number of nitrogen functional groups attached to an aromatic ring is 1. The van der Waals surface area contributed by atoms with Crippen LogP contribution in [0.2, 0.25) is 0 Å². The van der Waals surface area contributed by atoms with E-state index in [1.807, 2.05) is 12.1 Å². The number of halogens is 1. The quantitative estimate of drug-likeness (QED) is 0.872. The molecule has 0 fully saturated rings. The molecule has 4 heteroatoms. The smallest absolute Gasteiger partial charge is 0.126 e. The number of benzene rings is 1. The fourth-order valence-corrected chi connectivity index (χ4v) is 1.88. The van der Waals surface area contributed by atoms with Crippen molar-refractivity contribution in [2.45, 2.75) is 19.4 Å². The molecule has 1 aromatic carbocycles. The van der Waals surface area contributed by atoms with Gasteiger partial charge in [-0.3, -0.25) is 0 Å². The molecule has 0 amide bonds. The van der Waals surface area contributed by atoms with Crippen LogP contribution in [-0.4, -0.2) is 4.98 Å². The lowest BCUT2D eigenvalue weighted by Crippen LogP contribution is -2.15. The first kappa shape index (κ1) is 12.5. The molecule has 0 aliphatic heterocycles. The van der Waals surface area contributed by atoms with Gasteiger partial charge in [-0.1, -0.05) is 18.2 Å². The summed E-state index contributed by atoms with van der Waals surface area (Å²) in [5.74, 6) is 0.277. The van der Waals surface area contributed by atoms with Crippen molar-refractivity contribution in [1.82, 2.24) is 4.98 Å². The Labute approximate surface area is 106 Å². The number of aryl methyl sites for hydroxylation is 1. The van der Waals surface area contributed by atoms with E-state index < -0.39 is 0 Å². The third kappa shape index (κ3) is 2.65. The van der Waals surface area contributed by atoms with Gasteiger partial charge in [-0.2, -0.15) is 0 Å². The van der Waals surface area contributed by atoms with E-state index in [4.69, 9.17) is 11.5 Å². The maximum atomic E-state index is 13.2. The Morgan fingerprint density at radius 1 is 1.33 bits per heavy atom. The van der Waals surface area contributed by atoms with Crippen LogP contribution in [-0.2, 0) is 6.42 Å². The largest absolute Gasteiger partial charge is 0.383 e. The molecule has 1 heterocycles. The third-order valence-corrected chi connectivity index (χ3v) is 2.98. The maximum absolute atomic E-state index is 13.2. The molecule has 1 aromatic heterocycles. The molecule has 0 bridgehead atoms. The van der Waals surface area contributed by atoms with Gasteiger partial charge in [-0.05, 0) is 42.2 Å². The van der Waals surface area contributed by atoms with Crippen LogP contribution in [0.3, 0.4) is 0 Å². The first-order valence-electron chi connectivity index (χ1n) is 5.79. The fraction of sp³-hybridized carbons (Fsp3) is 0.214. The summed E-state index contributed by atoms with van der Waals surface area (Å²) in [6.45, 7) is 1.73. The van der Waals surface area contributed by atoms with Crippen LogP contribution < -0.4 is 11.5 Å². The van der Waals surface area contributed by atoms with Crippen LogP contribution in [0.5, 0.6) is 0 Å². The number of rotatable bonds is 3. The average Bonchev–Trinajstić information content (AvgIpc) is 2.35. The summed E-state index contributed by atoms with van der Waals surface area (Å²) in [4.78, 5) is 4.02. The van der Waals surface area contributed by atoms with E-state index in [0.717, 1.165) is 11.1 Å². The van der Waals surface area contributed by atoms with Crippen LogP contribution in [0.15, 0.2) is 36.5 Å². The summed E-state index contributed by atoms with van der Waals surface area (Å²) in [5, 5.41) is 0. The second-order valence-corrected chi connectivity index (χ2v) is 4.37. The summed E-state index contributed by atoms with van der Waals surface area (Å²) in [6.07, 6.45) is 2.23. The highest BCUT2D eigenvalue weighted by atomic mass is 19.1. The summed E-state index contributed by atoms with van der Waals surface area (Å²) in [6, 6.07) is 8.44. The van der Waals surface area contributed by atoms with Gasteiger partial charge in [-0.25, -0.2) is 9.37 Å². The van der Waals surface area contributed by atoms with Crippen molar-refractivity contribution >= 4 is 5.82 Å². The molecule has 0 saturated carbocycles. The van der Waals surface area contributed by atoms with Gasteiger partial charge in [0.25, 0.3) is 0 Å². The Kier molecular flexibility index (Phi) is 3.58. The summed E-state index contributed by atoms with van der Waals surface area (Å²) in [7, 11) is 0. The molecule has 3 nitrogen and oxygen atoms in total. The monoisotopic (exact) mass is 245 g/mol. The molecule has 2 aromatic rings. The Morgan fingerprint density at radius 2 is 2.11 bits per heavy atom. The minimum Gasteiger partial charge on any atom is -0.383 e. The van der Waals surface area contributed by atoms with E-state index in [1.54, 1.807) is 25.3 Å². The summed E-state index contributed by atoms with van der Waals surface area (Å²) < 4.78 is 13.2. The van der Waals surface area contributed by atoms with Crippen molar-refractivity contribution < 1.29 is 4.39 Å². The van der Waals surface area contributed by atoms with Crippen molar-refractivity contribution in [1.29, 1.82) is 0 Å². The van der Waals surface area contributed by atoms with E-state index >= 15 is 0 Å². The minimum absolute atomic E-state index is 0.212. The number of nitrogens with two attached hydrogens (primary N) is 2. The van der Waals surface area contributed by atoms with Crippen molar-refractivity contribution in [3.63, 3.8) is 0 Å². The van der Waals surface area contributed by atoms with E-state index in [0.29, 0.717) is 17.8 Å². The predicted molar refractivity (Wildman–Crippen MR) is 70.4 cm³/mol. The lowest BCUT2D eigenvalue weighted by Gasteiger charge is -2.14. The lowest BCUT2D eigenvalue weighted by atomic mass is 9.98. The Hall–Kier alpha value is -1.94. The third-order valence-electron chi connectivity index (χ3n) is 2.98. The van der Waals surface area contributed by atoms with Crippen LogP contribution in [0.1, 0.15) is 22.7 Å². The second-order valence-electron chi connectivity index (χ2n) is 4.37. The SMILES string of the molecule is Cc1cc(C(N)Cc2cccnc2N)ccc1F. The van der Waals surface area contributed by atoms with Gasteiger partial charge in [-0.15, -0.1) is 0 Å². The highest BCUT2D eigenvalue weighted by molar-refractivity contribution is 5.40. The number of hydrogen-bond acceptors (Lipinski definition) is 3. The molecule has 2 rings (SSSR count). The topological polar surface area (TPSA) is 64.9 Å². The highest BCUT2D eigenvalue weighted by Crippen LogP contribution is 2.20. The van der Waals surface area contributed by atoms with E-state index in [2.05, 4.69) is 4.98 Å². The number of pyridine rings is 1. The van der Waals surface area contributed by atoms with Crippen molar-refractivity contribution in [3.05, 3.63) is 59.0 Å². The number of hydrogen-bond donors (Lipinski definition) is 2. The first-order valence-corrected chi connectivity index (χ1v) is 5.79. The molecule has 0 aliphatic carbocycles. The van der Waals surface area contributed by atoms with Crippen molar-refractivity contribution in [3.8, 4) is 0 Å². The zero-order valence-electron chi connectivity index (χ0n) is 10.2. The molecule has 0 aliphatic rings. The molecular weight excluding hydrogens is 229 g/mol. The average molecular weight is 245 g/mol. The molecule has 0 spiro atoms. The van der Waals surface area contributed by atoms with Gasteiger partial charge in [0.05, 0.1) is 0 Å². The van der Waals surface area contributed by atoms with Crippen LogP contribution in [0.25, 0.3) is 0 Å². The zero-order chi connectivity index (χ0) is 13.1. The molecule has 94 valence electrons. The summed E-state index contributed by atoms with van der Waals surface area (Å²) in [5.41, 5.74) is 14.3. The van der Waals surface area contributed by atoms with Crippen LogP contribution in [0.4, 0.5) is 10.2 Å². The molecular formula is C14H16FN3. The number of nitrogens with zero attached hydrogens (tertiary/aromatic N) is 1. The maximum Gasteiger partial charge on any atom is 0.126 e. The Bertz CT molecular complexity index is 554. The lowest BCUT2D eigenvalue weighted by molar-refractivity contribution is 0.615. The van der Waals surface area contributed by atoms with Gasteiger partial charge >= 0.3 is 0 Å². The van der Waals surface area contributed by atoms with E-state index in [1.165, 1.54) is 6.07 Å². The molecule has 4 N–H and O–H groups in total. The number of anilines is 1. The van der Waals surface area contributed by atoms with Gasteiger partial charge in [0.1, 0.15) is 11.6 Å². The number of aromatic nitrogens is 1. The highest BCUT2D eigenvalue weighted by Gasteiger charge is 2.10. The Morgan fingerprint density at radius 3 is 2.78 bits per heavy atom. The first-order chi connectivity index (χ1) is 8.58. The predicted octanol–water partition coefficient (Wildman–Crippen LogP) is 2.35. The van der Waals surface area contributed by atoms with E-state index in [9.17, 15) is 4.39 Å². The van der Waals surface area contributed by atoms with Crippen molar-refractivity contribution in [2.24, 2.45) is 5.73 Å². The molecule has 0 radical (unpaired) electrons. The van der Waals surface area contributed by atoms with Gasteiger partial charge in [0, 0.05) is 12.2 Å². The zero-order valence-corrected chi connectivity index (χ0v) is 10.2. The molecule has 18 heavy (non-hydrogen) atoms. The standard InChI is InChI=1S/C14H16FN3/c1-9-7-10(4-5-12(9)15)13(16)8-11-3-2-6-18-14(11)17/h2-7,13H,8,16H2,1H3,(H2,17,18). The van der Waals surface area contributed by atoms with Gasteiger partial charge in [0.15, 0.2) is 0 Å². The van der Waals surface area contributed by atoms with E-state index in [-0.39, 0.29) is 11.9 Å². The second kappa shape index (κ2) is 5.14. The normalized spacial score (nSPS) is 12.4. The fourth-order valence-electron chi connectivity index (χ4n) is 1.88. The molecule has 1 unspecified atom stereocenters. The minimum atomic E-state index is -0.216. The summed E-state index contributed by atoms with van der Waals surface area (Å²) >= 11 is 0. The van der Waals surface area contributed by atoms with Gasteiger partial charge in [0.2, 0.25) is 0 Å². The Balaban J connectivity index is 2.19. The molecule has 0 saturated heterocycles. The van der Waals surface area contributed by atoms with Gasteiger partial charge < -0.3 is 11.5 Å². The van der Waals surface area contributed by atoms with Crippen molar-refractivity contribution in [2.75, 3.05) is 5.73 Å². The van der Waals surface area contributed by atoms with Crippen LogP contribution in [0, 0.1) is 12.7 Å².